The Hall–Kier alpha value is -2.10. The van der Waals surface area contributed by atoms with E-state index in [1.54, 1.807) is 24.3 Å². The fraction of sp³-hybridized carbons (Fsp3) is 0.429. The molecule has 1 aromatic carbocycles. The van der Waals surface area contributed by atoms with Gasteiger partial charge in [-0.15, -0.1) is 0 Å². The van der Waals surface area contributed by atoms with Crippen LogP contribution in [0.1, 0.15) is 23.7 Å². The number of nitrogens with two attached hydrogens (primary N) is 1. The van der Waals surface area contributed by atoms with E-state index in [1.165, 1.54) is 0 Å². The SMILES string of the molecule is CC(CC#N)N(C)CCOc1ccc(C(=O)NN)cc1. The normalized spacial score (nSPS) is 11.8. The molecule has 3 N–H and O–H groups in total. The van der Waals surface area contributed by atoms with Crippen molar-refractivity contribution in [3.8, 4) is 11.8 Å². The highest BCUT2D eigenvalue weighted by molar-refractivity contribution is 5.93. The fourth-order valence-corrected chi connectivity index (χ4v) is 1.60. The first kappa shape index (κ1) is 16.0. The van der Waals surface area contributed by atoms with Gasteiger partial charge in [0, 0.05) is 18.2 Å². The van der Waals surface area contributed by atoms with Crippen LogP contribution in [0, 0.1) is 11.3 Å². The molecule has 0 fully saturated rings. The summed E-state index contributed by atoms with van der Waals surface area (Å²) in [5, 5.41) is 8.63. The number of amides is 1. The monoisotopic (exact) mass is 276 g/mol. The van der Waals surface area contributed by atoms with Gasteiger partial charge in [-0.2, -0.15) is 5.26 Å². The molecule has 1 unspecified atom stereocenters. The van der Waals surface area contributed by atoms with Crippen molar-refractivity contribution in [3.63, 3.8) is 0 Å². The van der Waals surface area contributed by atoms with Crippen LogP contribution in [0.25, 0.3) is 0 Å². The van der Waals surface area contributed by atoms with Crippen LogP contribution in [0.3, 0.4) is 0 Å². The molecule has 0 saturated heterocycles. The van der Waals surface area contributed by atoms with E-state index < -0.39 is 0 Å². The number of nitrogen functional groups attached to an aromatic ring is 1. The minimum atomic E-state index is -0.332. The van der Waals surface area contributed by atoms with Crippen molar-refractivity contribution < 1.29 is 9.53 Å². The van der Waals surface area contributed by atoms with Crippen molar-refractivity contribution in [3.05, 3.63) is 29.8 Å². The second kappa shape index (κ2) is 8.15. The summed E-state index contributed by atoms with van der Waals surface area (Å²) in [6, 6.07) is 9.11. The minimum Gasteiger partial charge on any atom is -0.492 e. The number of carbonyl (C=O) groups excluding carboxylic acids is 1. The molecule has 0 aliphatic rings. The smallest absolute Gasteiger partial charge is 0.265 e. The molecule has 1 rings (SSSR count). The van der Waals surface area contributed by atoms with E-state index in [-0.39, 0.29) is 11.9 Å². The molecule has 1 atom stereocenters. The molecular weight excluding hydrogens is 256 g/mol. The number of likely N-dealkylation sites (N-methyl/N-ethyl adjacent to an activating group) is 1. The molecule has 0 saturated carbocycles. The topological polar surface area (TPSA) is 91.4 Å². The van der Waals surface area contributed by atoms with Gasteiger partial charge in [0.15, 0.2) is 0 Å². The standard InChI is InChI=1S/C14H20N4O2/c1-11(7-8-15)18(2)9-10-20-13-5-3-12(4-6-13)14(19)17-16/h3-6,11H,7,9-10,16H2,1-2H3,(H,17,19). The van der Waals surface area contributed by atoms with E-state index in [4.69, 9.17) is 15.8 Å². The number of hydrogen-bond donors (Lipinski definition) is 2. The Morgan fingerprint density at radius 3 is 2.70 bits per heavy atom. The van der Waals surface area contributed by atoms with E-state index >= 15 is 0 Å². The molecule has 0 heterocycles. The first-order chi connectivity index (χ1) is 9.58. The molecular formula is C14H20N4O2. The quantitative estimate of drug-likeness (QED) is 0.438. The number of nitriles is 1. The van der Waals surface area contributed by atoms with Gasteiger partial charge in [-0.05, 0) is 38.2 Å². The van der Waals surface area contributed by atoms with Crippen LogP contribution in [-0.4, -0.2) is 37.0 Å². The van der Waals surface area contributed by atoms with Gasteiger partial charge >= 0.3 is 0 Å². The molecule has 1 aromatic rings. The summed E-state index contributed by atoms with van der Waals surface area (Å²) in [7, 11) is 1.96. The molecule has 6 heteroatoms. The predicted octanol–water partition coefficient (Wildman–Crippen LogP) is 0.903. The first-order valence-electron chi connectivity index (χ1n) is 6.39. The summed E-state index contributed by atoms with van der Waals surface area (Å²) in [5.74, 6) is 5.41. The molecule has 1 amide bonds. The molecule has 0 radical (unpaired) electrons. The summed E-state index contributed by atoms with van der Waals surface area (Å²) < 4.78 is 5.59. The van der Waals surface area contributed by atoms with Crippen LogP contribution < -0.4 is 16.0 Å². The van der Waals surface area contributed by atoms with Crippen LogP contribution in [0.5, 0.6) is 5.75 Å². The van der Waals surface area contributed by atoms with Crippen LogP contribution >= 0.6 is 0 Å². The largest absolute Gasteiger partial charge is 0.492 e. The lowest BCUT2D eigenvalue weighted by Gasteiger charge is -2.22. The average molecular weight is 276 g/mol. The van der Waals surface area contributed by atoms with E-state index in [0.29, 0.717) is 24.3 Å². The zero-order valence-corrected chi connectivity index (χ0v) is 11.8. The molecule has 0 spiro atoms. The average Bonchev–Trinajstić information content (AvgIpc) is 2.47. The van der Waals surface area contributed by atoms with Gasteiger partial charge in [0.2, 0.25) is 0 Å². The van der Waals surface area contributed by atoms with Crippen molar-refractivity contribution in [2.75, 3.05) is 20.2 Å². The second-order valence-electron chi connectivity index (χ2n) is 4.54. The Morgan fingerprint density at radius 1 is 1.50 bits per heavy atom. The lowest BCUT2D eigenvalue weighted by Crippen LogP contribution is -2.32. The van der Waals surface area contributed by atoms with Crippen LogP contribution in [0.2, 0.25) is 0 Å². The van der Waals surface area contributed by atoms with E-state index in [9.17, 15) is 4.79 Å². The molecule has 0 aliphatic heterocycles. The molecule has 0 aromatic heterocycles. The van der Waals surface area contributed by atoms with E-state index in [0.717, 1.165) is 6.54 Å². The number of hydrazine groups is 1. The summed E-state index contributed by atoms with van der Waals surface area (Å²) in [6.45, 7) is 3.26. The van der Waals surface area contributed by atoms with Gasteiger partial charge in [-0.3, -0.25) is 15.1 Å². The molecule has 6 nitrogen and oxygen atoms in total. The zero-order valence-electron chi connectivity index (χ0n) is 11.8. The molecule has 20 heavy (non-hydrogen) atoms. The fourth-order valence-electron chi connectivity index (χ4n) is 1.60. The van der Waals surface area contributed by atoms with Gasteiger partial charge in [0.1, 0.15) is 12.4 Å². The minimum absolute atomic E-state index is 0.208. The summed E-state index contributed by atoms with van der Waals surface area (Å²) in [5.41, 5.74) is 2.56. The van der Waals surface area contributed by atoms with Crippen molar-refractivity contribution in [1.82, 2.24) is 10.3 Å². The summed E-state index contributed by atoms with van der Waals surface area (Å²) in [6.07, 6.45) is 0.499. The summed E-state index contributed by atoms with van der Waals surface area (Å²) >= 11 is 0. The van der Waals surface area contributed by atoms with Crippen LogP contribution in [-0.2, 0) is 0 Å². The number of benzene rings is 1. The van der Waals surface area contributed by atoms with Crippen molar-refractivity contribution in [2.45, 2.75) is 19.4 Å². The lowest BCUT2D eigenvalue weighted by molar-refractivity contribution is 0.0953. The van der Waals surface area contributed by atoms with Crippen molar-refractivity contribution >= 4 is 5.91 Å². The molecule has 108 valence electrons. The van der Waals surface area contributed by atoms with Gasteiger partial charge < -0.3 is 4.74 Å². The van der Waals surface area contributed by atoms with Crippen LogP contribution in [0.4, 0.5) is 0 Å². The Kier molecular flexibility index (Phi) is 6.50. The number of rotatable bonds is 7. The van der Waals surface area contributed by atoms with Gasteiger partial charge in [0.25, 0.3) is 5.91 Å². The Morgan fingerprint density at radius 2 is 2.15 bits per heavy atom. The predicted molar refractivity (Wildman–Crippen MR) is 75.9 cm³/mol. The third-order valence-electron chi connectivity index (χ3n) is 3.10. The maximum Gasteiger partial charge on any atom is 0.265 e. The Bertz CT molecular complexity index is 467. The third kappa shape index (κ3) is 4.88. The van der Waals surface area contributed by atoms with Gasteiger partial charge in [-0.1, -0.05) is 0 Å². The van der Waals surface area contributed by atoms with Gasteiger partial charge in [0.05, 0.1) is 12.5 Å². The third-order valence-corrected chi connectivity index (χ3v) is 3.10. The first-order valence-corrected chi connectivity index (χ1v) is 6.39. The number of nitrogens with one attached hydrogen (secondary N) is 1. The van der Waals surface area contributed by atoms with E-state index in [2.05, 4.69) is 16.4 Å². The number of nitrogens with zero attached hydrogens (tertiary/aromatic N) is 2. The maximum atomic E-state index is 11.3. The highest BCUT2D eigenvalue weighted by Gasteiger charge is 2.08. The highest BCUT2D eigenvalue weighted by atomic mass is 16.5. The Labute approximate surface area is 119 Å². The number of carbonyl (C=O) groups is 1. The number of hydrogen-bond acceptors (Lipinski definition) is 5. The van der Waals surface area contributed by atoms with Crippen molar-refractivity contribution in [2.24, 2.45) is 5.84 Å². The second-order valence-corrected chi connectivity index (χ2v) is 4.54. The summed E-state index contributed by atoms with van der Waals surface area (Å²) in [4.78, 5) is 13.3. The Balaban J connectivity index is 2.39. The highest BCUT2D eigenvalue weighted by Crippen LogP contribution is 2.12. The maximum absolute atomic E-state index is 11.3. The zero-order chi connectivity index (χ0) is 15.0. The molecule has 0 bridgehead atoms. The van der Waals surface area contributed by atoms with Crippen molar-refractivity contribution in [1.29, 1.82) is 5.26 Å². The van der Waals surface area contributed by atoms with Gasteiger partial charge in [-0.25, -0.2) is 5.84 Å². The van der Waals surface area contributed by atoms with E-state index in [1.807, 2.05) is 14.0 Å². The lowest BCUT2D eigenvalue weighted by atomic mass is 10.2. The molecule has 0 aliphatic carbocycles. The van der Waals surface area contributed by atoms with Crippen LogP contribution in [0.15, 0.2) is 24.3 Å². The number of ether oxygens (including phenoxy) is 1.